The van der Waals surface area contributed by atoms with Gasteiger partial charge in [0.15, 0.2) is 5.96 Å². The minimum atomic E-state index is 0.543. The Hall–Kier alpha value is -1.86. The quantitative estimate of drug-likeness (QED) is 0.414. The molecule has 1 aromatic rings. The highest BCUT2D eigenvalue weighted by atomic mass is 16.5. The summed E-state index contributed by atoms with van der Waals surface area (Å²) in [6, 6.07) is 3.88. The van der Waals surface area contributed by atoms with E-state index in [2.05, 4.69) is 22.1 Å². The number of aliphatic imine (C=N–C) groups is 1. The van der Waals surface area contributed by atoms with Gasteiger partial charge >= 0.3 is 0 Å². The fourth-order valence-corrected chi connectivity index (χ4v) is 2.81. The highest BCUT2D eigenvalue weighted by Crippen LogP contribution is 2.17. The number of methoxy groups -OCH3 is 2. The highest BCUT2D eigenvalue weighted by molar-refractivity contribution is 5.80. The van der Waals surface area contributed by atoms with E-state index in [1.54, 1.807) is 20.4 Å². The minimum Gasteiger partial charge on any atom is -0.481 e. The van der Waals surface area contributed by atoms with E-state index >= 15 is 0 Å². The number of nitrogens with zero attached hydrogens (tertiary/aromatic N) is 3. The molecule has 0 radical (unpaired) electrons. The lowest BCUT2D eigenvalue weighted by Gasteiger charge is -2.21. The Morgan fingerprint density at radius 2 is 2.28 bits per heavy atom. The van der Waals surface area contributed by atoms with Gasteiger partial charge in [-0.25, -0.2) is 9.98 Å². The lowest BCUT2D eigenvalue weighted by Crippen LogP contribution is -2.40. The molecular formula is C18H30N4O3. The van der Waals surface area contributed by atoms with Crippen molar-refractivity contribution in [3.05, 3.63) is 23.9 Å². The summed E-state index contributed by atoms with van der Waals surface area (Å²) in [5.41, 5.74) is 1.08. The predicted molar refractivity (Wildman–Crippen MR) is 98.0 cm³/mol. The molecule has 0 aromatic carbocycles. The van der Waals surface area contributed by atoms with Crippen LogP contribution < -0.4 is 10.1 Å². The monoisotopic (exact) mass is 350 g/mol. The summed E-state index contributed by atoms with van der Waals surface area (Å²) in [6.07, 6.45) is 2.88. The number of pyridine rings is 1. The number of guanidine groups is 1. The van der Waals surface area contributed by atoms with Crippen LogP contribution in [0.25, 0.3) is 0 Å². The lowest BCUT2D eigenvalue weighted by atomic mass is 10.1. The van der Waals surface area contributed by atoms with E-state index in [1.807, 2.05) is 12.1 Å². The first-order valence-corrected chi connectivity index (χ1v) is 8.85. The molecule has 0 aliphatic carbocycles. The molecule has 7 nitrogen and oxygen atoms in total. The van der Waals surface area contributed by atoms with E-state index in [4.69, 9.17) is 19.2 Å². The fourth-order valence-electron chi connectivity index (χ4n) is 2.81. The van der Waals surface area contributed by atoms with Crippen LogP contribution in [0.5, 0.6) is 5.88 Å². The predicted octanol–water partition coefficient (Wildman–Crippen LogP) is 1.54. The van der Waals surface area contributed by atoms with E-state index < -0.39 is 0 Å². The second kappa shape index (κ2) is 10.9. The Morgan fingerprint density at radius 1 is 1.40 bits per heavy atom. The van der Waals surface area contributed by atoms with Crippen LogP contribution in [0.1, 0.15) is 18.9 Å². The van der Waals surface area contributed by atoms with Crippen molar-refractivity contribution in [3.63, 3.8) is 0 Å². The van der Waals surface area contributed by atoms with Gasteiger partial charge < -0.3 is 24.4 Å². The zero-order chi connectivity index (χ0) is 17.9. The third-order valence-electron chi connectivity index (χ3n) is 4.13. The smallest absolute Gasteiger partial charge is 0.213 e. The van der Waals surface area contributed by atoms with Crippen molar-refractivity contribution in [1.29, 1.82) is 0 Å². The zero-order valence-electron chi connectivity index (χ0n) is 15.5. The van der Waals surface area contributed by atoms with Gasteiger partial charge in [-0.1, -0.05) is 0 Å². The Morgan fingerprint density at radius 3 is 3.04 bits per heavy atom. The summed E-state index contributed by atoms with van der Waals surface area (Å²) in [4.78, 5) is 11.2. The highest BCUT2D eigenvalue weighted by Gasteiger charge is 2.24. The molecule has 1 unspecified atom stereocenters. The molecule has 25 heavy (non-hydrogen) atoms. The molecule has 2 heterocycles. The molecular weight excluding hydrogens is 320 g/mol. The summed E-state index contributed by atoms with van der Waals surface area (Å²) in [5, 5.41) is 3.39. The Kier molecular flexibility index (Phi) is 8.48. The first-order chi connectivity index (χ1) is 12.3. The van der Waals surface area contributed by atoms with E-state index in [0.29, 0.717) is 31.6 Å². The first kappa shape index (κ1) is 19.5. The second-order valence-corrected chi connectivity index (χ2v) is 6.05. The van der Waals surface area contributed by atoms with Gasteiger partial charge in [0.05, 0.1) is 33.5 Å². The van der Waals surface area contributed by atoms with Crippen molar-refractivity contribution in [3.8, 4) is 5.88 Å². The van der Waals surface area contributed by atoms with E-state index in [9.17, 15) is 0 Å². The molecule has 2 rings (SSSR count). The first-order valence-electron chi connectivity index (χ1n) is 8.85. The largest absolute Gasteiger partial charge is 0.481 e. The second-order valence-electron chi connectivity index (χ2n) is 6.05. The molecule has 1 N–H and O–H groups in total. The summed E-state index contributed by atoms with van der Waals surface area (Å²) in [6.45, 7) is 7.60. The average molecular weight is 350 g/mol. The van der Waals surface area contributed by atoms with Crippen molar-refractivity contribution < 1.29 is 14.2 Å². The average Bonchev–Trinajstić information content (AvgIpc) is 3.11. The molecule has 0 spiro atoms. The molecule has 1 aliphatic heterocycles. The van der Waals surface area contributed by atoms with Crippen LogP contribution in [0.3, 0.4) is 0 Å². The Bertz CT molecular complexity index is 539. The van der Waals surface area contributed by atoms with Crippen LogP contribution >= 0.6 is 0 Å². The molecule has 1 saturated heterocycles. The van der Waals surface area contributed by atoms with E-state index in [1.165, 1.54) is 0 Å². The molecule has 0 saturated carbocycles. The zero-order valence-corrected chi connectivity index (χ0v) is 15.5. The standard InChI is InChI=1S/C18H30N4O3/c1-4-19-18(21-12-15-5-7-20-17(11-15)24-3)22-8-6-16(13-22)14-25-10-9-23-2/h5,7,11,16H,4,6,8-10,12-14H2,1-3H3,(H,19,21). The van der Waals surface area contributed by atoms with Gasteiger partial charge in [-0.05, 0) is 25.0 Å². The third kappa shape index (κ3) is 6.51. The molecule has 1 aliphatic rings. The molecule has 0 bridgehead atoms. The van der Waals surface area contributed by atoms with Gasteiger partial charge in [0.1, 0.15) is 0 Å². The summed E-state index contributed by atoms with van der Waals surface area (Å²) in [5.74, 6) is 2.12. The van der Waals surface area contributed by atoms with Crippen LogP contribution in [-0.4, -0.2) is 69.5 Å². The van der Waals surface area contributed by atoms with Crippen LogP contribution in [0.15, 0.2) is 23.3 Å². The van der Waals surface area contributed by atoms with E-state index in [0.717, 1.165) is 44.2 Å². The number of likely N-dealkylation sites (tertiary alicyclic amines) is 1. The number of hydrogen-bond donors (Lipinski definition) is 1. The number of ether oxygens (including phenoxy) is 3. The minimum absolute atomic E-state index is 0.543. The van der Waals surface area contributed by atoms with Crippen molar-refractivity contribution in [1.82, 2.24) is 15.2 Å². The van der Waals surface area contributed by atoms with Gasteiger partial charge in [0.2, 0.25) is 5.88 Å². The Balaban J connectivity index is 1.89. The van der Waals surface area contributed by atoms with Crippen molar-refractivity contribution in [2.45, 2.75) is 19.9 Å². The van der Waals surface area contributed by atoms with Crippen LogP contribution in [0.4, 0.5) is 0 Å². The molecule has 7 heteroatoms. The summed E-state index contributed by atoms with van der Waals surface area (Å²) in [7, 11) is 3.32. The number of aromatic nitrogens is 1. The van der Waals surface area contributed by atoms with Crippen molar-refractivity contribution in [2.75, 3.05) is 53.7 Å². The normalized spacial score (nSPS) is 17.8. The van der Waals surface area contributed by atoms with Gasteiger partial charge in [0, 0.05) is 44.9 Å². The molecule has 1 fully saturated rings. The summed E-state index contributed by atoms with van der Waals surface area (Å²) < 4.78 is 15.8. The van der Waals surface area contributed by atoms with Crippen LogP contribution in [-0.2, 0) is 16.0 Å². The number of hydrogen-bond acceptors (Lipinski definition) is 5. The summed E-state index contributed by atoms with van der Waals surface area (Å²) >= 11 is 0. The van der Waals surface area contributed by atoms with Gasteiger partial charge in [-0.15, -0.1) is 0 Å². The van der Waals surface area contributed by atoms with Crippen LogP contribution in [0.2, 0.25) is 0 Å². The maximum Gasteiger partial charge on any atom is 0.213 e. The Labute approximate surface area is 150 Å². The van der Waals surface area contributed by atoms with Gasteiger partial charge in [-0.2, -0.15) is 0 Å². The van der Waals surface area contributed by atoms with Crippen molar-refractivity contribution >= 4 is 5.96 Å². The number of nitrogens with one attached hydrogen (secondary N) is 1. The SMILES string of the molecule is CCNC(=NCc1ccnc(OC)c1)N1CCC(COCCOC)C1. The third-order valence-corrected chi connectivity index (χ3v) is 4.13. The maximum absolute atomic E-state index is 5.67. The lowest BCUT2D eigenvalue weighted by molar-refractivity contribution is 0.0536. The molecule has 0 amide bonds. The van der Waals surface area contributed by atoms with Gasteiger partial charge in [-0.3, -0.25) is 0 Å². The molecule has 140 valence electrons. The maximum atomic E-state index is 5.67. The van der Waals surface area contributed by atoms with E-state index in [-0.39, 0.29) is 0 Å². The number of rotatable bonds is 9. The van der Waals surface area contributed by atoms with Crippen molar-refractivity contribution in [2.24, 2.45) is 10.9 Å². The van der Waals surface area contributed by atoms with Crippen LogP contribution in [0, 0.1) is 5.92 Å². The molecule has 1 aromatic heterocycles. The topological polar surface area (TPSA) is 68.2 Å². The fraction of sp³-hybridized carbons (Fsp3) is 0.667. The van der Waals surface area contributed by atoms with Gasteiger partial charge in [0.25, 0.3) is 0 Å². The molecule has 1 atom stereocenters.